The Bertz CT molecular complexity index is 353. The minimum absolute atomic E-state index is 0.0222. The van der Waals surface area contributed by atoms with Crippen LogP contribution in [-0.4, -0.2) is 30.3 Å². The highest BCUT2D eigenvalue weighted by atomic mass is 16.5. The number of nitrogens with one attached hydrogen (secondary N) is 1. The minimum atomic E-state index is -0.824. The van der Waals surface area contributed by atoms with Crippen LogP contribution in [0.3, 0.4) is 0 Å². The van der Waals surface area contributed by atoms with Crippen molar-refractivity contribution in [3.63, 3.8) is 0 Å². The minimum Gasteiger partial charge on any atom is -0.481 e. The molecule has 1 fully saturated rings. The molecule has 1 aliphatic rings. The summed E-state index contributed by atoms with van der Waals surface area (Å²) in [5.74, 6) is -0.824. The molecule has 1 aromatic rings. The fourth-order valence-electron chi connectivity index (χ4n) is 1.99. The second kappa shape index (κ2) is 5.09. The van der Waals surface area contributed by atoms with Gasteiger partial charge >= 0.3 is 5.97 Å². The van der Waals surface area contributed by atoms with Crippen LogP contribution in [0.2, 0.25) is 0 Å². The summed E-state index contributed by atoms with van der Waals surface area (Å²) in [6.45, 7) is 1.33. The predicted octanol–water partition coefficient (Wildman–Crippen LogP) is 1.19. The number of rotatable bonds is 3. The lowest BCUT2D eigenvalue weighted by Crippen LogP contribution is -2.42. The molecule has 1 heterocycles. The van der Waals surface area contributed by atoms with E-state index < -0.39 is 5.97 Å². The third-order valence-corrected chi connectivity index (χ3v) is 2.70. The maximum atomic E-state index is 10.7. The van der Waals surface area contributed by atoms with Crippen LogP contribution in [0.5, 0.6) is 0 Å². The lowest BCUT2D eigenvalue weighted by molar-refractivity contribution is -0.141. The van der Waals surface area contributed by atoms with Crippen molar-refractivity contribution >= 4 is 5.97 Å². The van der Waals surface area contributed by atoms with E-state index in [0.29, 0.717) is 6.61 Å². The highest BCUT2D eigenvalue weighted by molar-refractivity contribution is 5.67. The molecule has 2 rings (SSSR count). The van der Waals surface area contributed by atoms with Crippen molar-refractivity contribution in [2.45, 2.75) is 18.6 Å². The summed E-state index contributed by atoms with van der Waals surface area (Å²) >= 11 is 0. The number of aliphatic carboxylic acids is 1. The molecule has 0 bridgehead atoms. The van der Waals surface area contributed by atoms with Gasteiger partial charge < -0.3 is 15.2 Å². The fraction of sp³-hybridized carbons (Fsp3) is 0.417. The first-order chi connectivity index (χ1) is 7.77. The van der Waals surface area contributed by atoms with Crippen LogP contribution in [0.1, 0.15) is 18.0 Å². The first kappa shape index (κ1) is 11.1. The van der Waals surface area contributed by atoms with Gasteiger partial charge in [-0.2, -0.15) is 0 Å². The van der Waals surface area contributed by atoms with Crippen LogP contribution in [0, 0.1) is 0 Å². The van der Waals surface area contributed by atoms with E-state index in [1.165, 1.54) is 0 Å². The van der Waals surface area contributed by atoms with Crippen LogP contribution in [0.4, 0.5) is 0 Å². The molecule has 0 saturated carbocycles. The average molecular weight is 221 g/mol. The summed E-state index contributed by atoms with van der Waals surface area (Å²) in [4.78, 5) is 10.7. The maximum Gasteiger partial charge on any atom is 0.306 e. The monoisotopic (exact) mass is 221 g/mol. The van der Waals surface area contributed by atoms with Gasteiger partial charge in [0.2, 0.25) is 0 Å². The van der Waals surface area contributed by atoms with Gasteiger partial charge in [-0.05, 0) is 5.56 Å². The normalized spacial score (nSPS) is 25.2. The first-order valence-electron chi connectivity index (χ1n) is 5.39. The molecule has 0 aliphatic carbocycles. The highest BCUT2D eigenvalue weighted by Gasteiger charge is 2.28. The van der Waals surface area contributed by atoms with Crippen LogP contribution in [0.25, 0.3) is 0 Å². The van der Waals surface area contributed by atoms with Crippen molar-refractivity contribution in [1.82, 2.24) is 5.32 Å². The van der Waals surface area contributed by atoms with E-state index in [-0.39, 0.29) is 18.6 Å². The molecule has 1 unspecified atom stereocenters. The van der Waals surface area contributed by atoms with Crippen molar-refractivity contribution in [1.29, 1.82) is 0 Å². The van der Waals surface area contributed by atoms with Crippen molar-refractivity contribution < 1.29 is 14.6 Å². The largest absolute Gasteiger partial charge is 0.481 e. The van der Waals surface area contributed by atoms with E-state index in [4.69, 9.17) is 9.84 Å². The van der Waals surface area contributed by atoms with Gasteiger partial charge in [0.25, 0.3) is 0 Å². The fourth-order valence-corrected chi connectivity index (χ4v) is 1.99. The molecule has 1 aliphatic heterocycles. The number of benzene rings is 1. The molecule has 4 heteroatoms. The number of morpholine rings is 1. The molecule has 0 spiro atoms. The number of carboxylic acids is 1. The molecule has 86 valence electrons. The molecule has 2 atom stereocenters. The quantitative estimate of drug-likeness (QED) is 0.805. The molecule has 16 heavy (non-hydrogen) atoms. The Morgan fingerprint density at radius 3 is 2.88 bits per heavy atom. The zero-order valence-electron chi connectivity index (χ0n) is 8.93. The average Bonchev–Trinajstić information content (AvgIpc) is 2.30. The van der Waals surface area contributed by atoms with Crippen molar-refractivity contribution in [3.8, 4) is 0 Å². The number of carbonyl (C=O) groups is 1. The van der Waals surface area contributed by atoms with Crippen molar-refractivity contribution in [3.05, 3.63) is 35.9 Å². The maximum absolute atomic E-state index is 10.7. The summed E-state index contributed by atoms with van der Waals surface area (Å²) in [6, 6.07) is 9.79. The number of carboxylic acid groups (broad SMARTS) is 1. The van der Waals surface area contributed by atoms with E-state index >= 15 is 0 Å². The number of ether oxygens (including phenoxy) is 1. The van der Waals surface area contributed by atoms with Gasteiger partial charge in [-0.15, -0.1) is 0 Å². The Balaban J connectivity index is 2.13. The SMILES string of the molecule is O=C(O)CC1OCCN[C@H]1c1ccccc1. The van der Waals surface area contributed by atoms with Crippen molar-refractivity contribution in [2.75, 3.05) is 13.2 Å². The molecule has 0 aromatic heterocycles. The Labute approximate surface area is 94.2 Å². The second-order valence-corrected chi connectivity index (χ2v) is 3.85. The number of hydrogen-bond donors (Lipinski definition) is 2. The molecular formula is C12H15NO3. The Kier molecular flexibility index (Phi) is 3.54. The summed E-state index contributed by atoms with van der Waals surface area (Å²) in [6.07, 6.45) is -0.249. The van der Waals surface area contributed by atoms with Crippen LogP contribution >= 0.6 is 0 Å². The van der Waals surface area contributed by atoms with Gasteiger partial charge in [0, 0.05) is 6.54 Å². The van der Waals surface area contributed by atoms with E-state index in [2.05, 4.69) is 5.32 Å². The smallest absolute Gasteiger partial charge is 0.306 e. The van der Waals surface area contributed by atoms with E-state index in [1.807, 2.05) is 30.3 Å². The van der Waals surface area contributed by atoms with Crippen molar-refractivity contribution in [2.24, 2.45) is 0 Å². The lowest BCUT2D eigenvalue weighted by atomic mass is 9.98. The lowest BCUT2D eigenvalue weighted by Gasteiger charge is -2.32. The van der Waals surface area contributed by atoms with Gasteiger partial charge in [0.1, 0.15) is 0 Å². The summed E-state index contributed by atoms with van der Waals surface area (Å²) in [7, 11) is 0. The summed E-state index contributed by atoms with van der Waals surface area (Å²) < 4.78 is 5.51. The van der Waals surface area contributed by atoms with Gasteiger partial charge in [-0.25, -0.2) is 0 Å². The Hall–Kier alpha value is -1.39. The zero-order chi connectivity index (χ0) is 11.4. The Morgan fingerprint density at radius 2 is 2.19 bits per heavy atom. The molecule has 1 aromatic carbocycles. The van der Waals surface area contributed by atoms with Gasteiger partial charge in [0.05, 0.1) is 25.2 Å². The topological polar surface area (TPSA) is 58.6 Å². The molecule has 0 amide bonds. The van der Waals surface area contributed by atoms with Crippen LogP contribution in [-0.2, 0) is 9.53 Å². The number of hydrogen-bond acceptors (Lipinski definition) is 3. The molecular weight excluding hydrogens is 206 g/mol. The molecule has 0 radical (unpaired) electrons. The molecule has 2 N–H and O–H groups in total. The summed E-state index contributed by atoms with van der Waals surface area (Å²) in [5, 5.41) is 12.1. The standard InChI is InChI=1S/C12H15NO3/c14-11(15)8-10-12(13-6-7-16-10)9-4-2-1-3-5-9/h1-5,10,12-13H,6-8H2,(H,14,15)/t10?,12-/m0/s1. The van der Waals surface area contributed by atoms with Gasteiger partial charge in [0.15, 0.2) is 0 Å². The molecule has 4 nitrogen and oxygen atoms in total. The van der Waals surface area contributed by atoms with Crippen LogP contribution < -0.4 is 5.32 Å². The third kappa shape index (κ3) is 2.59. The van der Waals surface area contributed by atoms with E-state index in [1.54, 1.807) is 0 Å². The van der Waals surface area contributed by atoms with Gasteiger partial charge in [-0.1, -0.05) is 30.3 Å². The van der Waals surface area contributed by atoms with Crippen LogP contribution in [0.15, 0.2) is 30.3 Å². The second-order valence-electron chi connectivity index (χ2n) is 3.85. The molecule has 1 saturated heterocycles. The van der Waals surface area contributed by atoms with E-state index in [9.17, 15) is 4.79 Å². The first-order valence-corrected chi connectivity index (χ1v) is 5.39. The summed E-state index contributed by atoms with van der Waals surface area (Å²) in [5.41, 5.74) is 1.08. The van der Waals surface area contributed by atoms with E-state index in [0.717, 1.165) is 12.1 Å². The Morgan fingerprint density at radius 1 is 1.44 bits per heavy atom. The third-order valence-electron chi connectivity index (χ3n) is 2.70. The highest BCUT2D eigenvalue weighted by Crippen LogP contribution is 2.23. The zero-order valence-corrected chi connectivity index (χ0v) is 8.93. The predicted molar refractivity (Wildman–Crippen MR) is 59.2 cm³/mol. The van der Waals surface area contributed by atoms with Gasteiger partial charge in [-0.3, -0.25) is 4.79 Å².